The second-order valence-electron chi connectivity index (χ2n) is 5.96. The van der Waals surface area contributed by atoms with Gasteiger partial charge in [-0.2, -0.15) is 0 Å². The van der Waals surface area contributed by atoms with Crippen molar-refractivity contribution in [2.24, 2.45) is 11.7 Å². The number of rotatable bonds is 6. The number of nitrogens with two attached hydrogens (primary N) is 1. The smallest absolute Gasteiger partial charge is 0.216 e. The molecule has 2 rings (SSSR count). The summed E-state index contributed by atoms with van der Waals surface area (Å²) in [6, 6.07) is 7.58. The summed E-state index contributed by atoms with van der Waals surface area (Å²) in [5.41, 5.74) is 7.38. The van der Waals surface area contributed by atoms with Crippen LogP contribution >= 0.6 is 0 Å². The van der Waals surface area contributed by atoms with Gasteiger partial charge in [-0.3, -0.25) is 0 Å². The molecule has 0 aromatic heterocycles. The van der Waals surface area contributed by atoms with Crippen LogP contribution in [0.4, 0.5) is 0 Å². The van der Waals surface area contributed by atoms with Gasteiger partial charge in [-0.15, -0.1) is 0 Å². The maximum atomic E-state index is 12.3. The summed E-state index contributed by atoms with van der Waals surface area (Å²) < 4.78 is 27.6. The Bertz CT molecular complexity index is 540. The van der Waals surface area contributed by atoms with Crippen molar-refractivity contribution < 1.29 is 8.42 Å². The molecule has 2 atom stereocenters. The van der Waals surface area contributed by atoms with E-state index in [4.69, 9.17) is 5.73 Å². The van der Waals surface area contributed by atoms with Gasteiger partial charge < -0.3 is 5.73 Å². The van der Waals surface area contributed by atoms with Crippen molar-refractivity contribution in [2.45, 2.75) is 57.4 Å². The Labute approximate surface area is 128 Å². The summed E-state index contributed by atoms with van der Waals surface area (Å²) in [5, 5.41) is 0. The predicted octanol–water partition coefficient (Wildman–Crippen LogP) is 2.53. The summed E-state index contributed by atoms with van der Waals surface area (Å²) in [4.78, 5) is 0. The van der Waals surface area contributed by atoms with Crippen LogP contribution in [0.3, 0.4) is 0 Å². The predicted molar refractivity (Wildman–Crippen MR) is 86.1 cm³/mol. The van der Waals surface area contributed by atoms with Crippen LogP contribution in [0.1, 0.15) is 50.2 Å². The number of sulfonamides is 1. The van der Waals surface area contributed by atoms with Gasteiger partial charge in [-0.1, -0.05) is 50.5 Å². The van der Waals surface area contributed by atoms with Gasteiger partial charge >= 0.3 is 0 Å². The van der Waals surface area contributed by atoms with Gasteiger partial charge in [-0.25, -0.2) is 13.1 Å². The van der Waals surface area contributed by atoms with Gasteiger partial charge in [0.15, 0.2) is 0 Å². The van der Waals surface area contributed by atoms with Crippen LogP contribution in [0.2, 0.25) is 0 Å². The van der Waals surface area contributed by atoms with Crippen LogP contribution in [0.15, 0.2) is 24.3 Å². The van der Waals surface area contributed by atoms with Crippen molar-refractivity contribution in [3.05, 3.63) is 35.4 Å². The Morgan fingerprint density at radius 1 is 1.14 bits per heavy atom. The first-order chi connectivity index (χ1) is 10.0. The minimum Gasteiger partial charge on any atom is -0.326 e. The molecule has 1 aliphatic carbocycles. The van der Waals surface area contributed by atoms with Crippen LogP contribution < -0.4 is 10.5 Å². The minimum absolute atomic E-state index is 0.0464. The largest absolute Gasteiger partial charge is 0.326 e. The van der Waals surface area contributed by atoms with E-state index in [1.807, 2.05) is 24.3 Å². The number of hydrogen-bond acceptors (Lipinski definition) is 3. The highest BCUT2D eigenvalue weighted by Crippen LogP contribution is 2.27. The van der Waals surface area contributed by atoms with Crippen LogP contribution in [0, 0.1) is 5.92 Å². The van der Waals surface area contributed by atoms with Crippen molar-refractivity contribution in [2.75, 3.05) is 0 Å². The Morgan fingerprint density at radius 2 is 1.76 bits per heavy atom. The fourth-order valence-corrected chi connectivity index (χ4v) is 4.60. The van der Waals surface area contributed by atoms with E-state index in [0.29, 0.717) is 12.5 Å². The Balaban J connectivity index is 2.00. The first-order valence-electron chi connectivity index (χ1n) is 7.82. The molecule has 0 heterocycles. The highest BCUT2D eigenvalue weighted by molar-refractivity contribution is 7.88. The summed E-state index contributed by atoms with van der Waals surface area (Å²) in [6.45, 7) is 2.62. The first kappa shape index (κ1) is 16.5. The van der Waals surface area contributed by atoms with E-state index in [1.165, 1.54) is 6.42 Å². The van der Waals surface area contributed by atoms with E-state index >= 15 is 0 Å². The molecule has 1 aromatic rings. The third-order valence-corrected chi connectivity index (χ3v) is 5.75. The lowest BCUT2D eigenvalue weighted by Gasteiger charge is -2.31. The average Bonchev–Trinajstić information content (AvgIpc) is 2.47. The normalized spacial score (nSPS) is 23.1. The molecule has 118 valence electrons. The van der Waals surface area contributed by atoms with Gasteiger partial charge in [-0.05, 0) is 29.9 Å². The van der Waals surface area contributed by atoms with E-state index in [0.717, 1.165) is 36.8 Å². The van der Waals surface area contributed by atoms with Gasteiger partial charge in [0.1, 0.15) is 0 Å². The molecule has 1 aliphatic rings. The van der Waals surface area contributed by atoms with Crippen LogP contribution in [-0.2, 0) is 22.3 Å². The van der Waals surface area contributed by atoms with Gasteiger partial charge in [0.25, 0.3) is 0 Å². The maximum absolute atomic E-state index is 12.3. The van der Waals surface area contributed by atoms with Gasteiger partial charge in [0.05, 0.1) is 5.75 Å². The number of hydrogen-bond donors (Lipinski definition) is 2. The molecule has 0 amide bonds. The molecule has 0 spiro atoms. The van der Waals surface area contributed by atoms with Crippen LogP contribution in [0.5, 0.6) is 0 Å². The molecule has 5 heteroatoms. The standard InChI is InChI=1S/C16H26N2O2S/c1-2-15-5-3-4-6-16(15)18-21(19,20)12-14-9-7-13(11-17)8-10-14/h7-10,15-16,18H,2-6,11-12,17H2,1H3. The van der Waals surface area contributed by atoms with Gasteiger partial charge in [0, 0.05) is 12.6 Å². The average molecular weight is 310 g/mol. The van der Waals surface area contributed by atoms with Crippen molar-refractivity contribution in [3.8, 4) is 0 Å². The van der Waals surface area contributed by atoms with E-state index in [2.05, 4.69) is 11.6 Å². The molecular weight excluding hydrogens is 284 g/mol. The molecule has 0 radical (unpaired) electrons. The van der Waals surface area contributed by atoms with Crippen molar-refractivity contribution in [1.82, 2.24) is 4.72 Å². The van der Waals surface area contributed by atoms with Crippen molar-refractivity contribution in [1.29, 1.82) is 0 Å². The molecule has 2 unspecified atom stereocenters. The summed E-state index contributed by atoms with van der Waals surface area (Å²) in [6.07, 6.45) is 5.48. The lowest BCUT2D eigenvalue weighted by Crippen LogP contribution is -2.42. The monoisotopic (exact) mass is 310 g/mol. The molecule has 1 aromatic carbocycles. The molecule has 0 saturated heterocycles. The summed E-state index contributed by atoms with van der Waals surface area (Å²) >= 11 is 0. The zero-order chi connectivity index (χ0) is 15.3. The summed E-state index contributed by atoms with van der Waals surface area (Å²) in [7, 11) is -3.28. The molecule has 0 aliphatic heterocycles. The van der Waals surface area contributed by atoms with E-state index in [9.17, 15) is 8.42 Å². The molecule has 1 fully saturated rings. The minimum atomic E-state index is -3.28. The number of benzene rings is 1. The second-order valence-corrected chi connectivity index (χ2v) is 7.71. The fourth-order valence-electron chi connectivity index (χ4n) is 3.11. The molecule has 4 nitrogen and oxygen atoms in total. The van der Waals surface area contributed by atoms with E-state index in [-0.39, 0.29) is 11.8 Å². The molecule has 0 bridgehead atoms. The zero-order valence-corrected chi connectivity index (χ0v) is 13.5. The second kappa shape index (κ2) is 7.38. The Hall–Kier alpha value is -0.910. The molecule has 3 N–H and O–H groups in total. The Morgan fingerprint density at radius 3 is 2.38 bits per heavy atom. The topological polar surface area (TPSA) is 72.2 Å². The molecule has 21 heavy (non-hydrogen) atoms. The van der Waals surface area contributed by atoms with Crippen LogP contribution in [-0.4, -0.2) is 14.5 Å². The third-order valence-electron chi connectivity index (χ3n) is 4.38. The fraction of sp³-hybridized carbons (Fsp3) is 0.625. The van der Waals surface area contributed by atoms with Crippen LogP contribution in [0.25, 0.3) is 0 Å². The maximum Gasteiger partial charge on any atom is 0.216 e. The Kier molecular flexibility index (Phi) is 5.79. The van der Waals surface area contributed by atoms with Crippen molar-refractivity contribution in [3.63, 3.8) is 0 Å². The quantitative estimate of drug-likeness (QED) is 0.848. The summed E-state index contributed by atoms with van der Waals surface area (Å²) in [5.74, 6) is 0.526. The molecule has 1 saturated carbocycles. The van der Waals surface area contributed by atoms with E-state index < -0.39 is 10.0 Å². The lowest BCUT2D eigenvalue weighted by atomic mass is 9.83. The van der Waals surface area contributed by atoms with Gasteiger partial charge in [0.2, 0.25) is 10.0 Å². The van der Waals surface area contributed by atoms with Crippen molar-refractivity contribution >= 4 is 10.0 Å². The molecular formula is C16H26N2O2S. The zero-order valence-electron chi connectivity index (χ0n) is 12.7. The SMILES string of the molecule is CCC1CCCCC1NS(=O)(=O)Cc1ccc(CN)cc1. The highest BCUT2D eigenvalue weighted by Gasteiger charge is 2.27. The van der Waals surface area contributed by atoms with E-state index in [1.54, 1.807) is 0 Å². The lowest BCUT2D eigenvalue weighted by molar-refractivity contribution is 0.282. The highest BCUT2D eigenvalue weighted by atomic mass is 32.2. The number of nitrogens with one attached hydrogen (secondary N) is 1. The third kappa shape index (κ3) is 4.80. The first-order valence-corrected chi connectivity index (χ1v) is 9.47.